The Hall–Kier alpha value is -6.76. The summed E-state index contributed by atoms with van der Waals surface area (Å²) in [4.78, 5) is 149. The number of unbranched alkanes of at least 4 members (excludes halogenated alkanes) is 6. The number of carbonyl (C=O) groups excluding carboxylic acids is 12. The fourth-order valence-corrected chi connectivity index (χ4v) is 13.0. The van der Waals surface area contributed by atoms with Gasteiger partial charge in [0.2, 0.25) is 53.2 Å². The first kappa shape index (κ1) is 94.4. The Kier molecular flexibility index (Phi) is 46.9. The molecular formula is C73H128N10O24. The fraction of sp³-hybridized carbons (Fsp3) is 0.836. The monoisotopic (exact) mass is 1530 g/mol. The number of ether oxygens (including phenoxy) is 12. The van der Waals surface area contributed by atoms with Crippen LogP contribution in [-0.2, 0) is 114 Å². The third-order valence-electron chi connectivity index (χ3n) is 18.6. The Balaban J connectivity index is 1.39. The summed E-state index contributed by atoms with van der Waals surface area (Å²) in [5.74, 6) is -4.95. The average Bonchev–Trinajstić information content (AvgIpc) is 0.812. The molecule has 614 valence electrons. The third-order valence-corrected chi connectivity index (χ3v) is 18.6. The van der Waals surface area contributed by atoms with E-state index in [2.05, 4.69) is 47.9 Å². The van der Waals surface area contributed by atoms with Gasteiger partial charge in [-0.2, -0.15) is 0 Å². The number of nitrogens with one attached hydrogen (secondary N) is 9. The van der Waals surface area contributed by atoms with E-state index in [1.54, 1.807) is 0 Å². The molecule has 34 heteroatoms. The van der Waals surface area contributed by atoms with Gasteiger partial charge in [0.15, 0.2) is 18.9 Å². The molecule has 0 aliphatic carbocycles. The van der Waals surface area contributed by atoms with Gasteiger partial charge in [0.05, 0.1) is 38.1 Å². The second-order valence-electron chi connectivity index (χ2n) is 27.7. The van der Waals surface area contributed by atoms with Crippen LogP contribution in [0.3, 0.4) is 0 Å². The number of esters is 3. The molecule has 3 saturated heterocycles. The predicted molar refractivity (Wildman–Crippen MR) is 388 cm³/mol. The molecule has 107 heavy (non-hydrogen) atoms. The molecule has 0 aromatic carbocycles. The van der Waals surface area contributed by atoms with Crippen molar-refractivity contribution in [1.82, 2.24) is 47.9 Å². The zero-order valence-corrected chi connectivity index (χ0v) is 65.4. The van der Waals surface area contributed by atoms with E-state index >= 15 is 0 Å². The lowest BCUT2D eigenvalue weighted by Crippen LogP contribution is -2.62. The maximum atomic E-state index is 13.1. The largest absolute Gasteiger partial charge is 0.460 e. The van der Waals surface area contributed by atoms with Gasteiger partial charge in [-0.3, -0.25) is 57.5 Å². The molecule has 3 rings (SSSR count). The molecule has 3 heterocycles. The van der Waals surface area contributed by atoms with Gasteiger partial charge in [-0.15, -0.1) is 0 Å². The summed E-state index contributed by atoms with van der Waals surface area (Å²) in [6.45, 7) is 21.4. The summed E-state index contributed by atoms with van der Waals surface area (Å²) in [7, 11) is 0. The Bertz CT molecular complexity index is 2440. The first-order valence-corrected chi connectivity index (χ1v) is 38.3. The highest BCUT2D eigenvalue weighted by atomic mass is 16.7. The molecule has 0 saturated carbocycles. The lowest BCUT2D eigenvalue weighted by atomic mass is 9.84. The van der Waals surface area contributed by atoms with Crippen LogP contribution in [0.15, 0.2) is 0 Å². The first-order valence-electron chi connectivity index (χ1n) is 38.3. The predicted octanol–water partition coefficient (Wildman–Crippen LogP) is 1.95. The number of amides is 9. The van der Waals surface area contributed by atoms with Crippen molar-refractivity contribution in [2.75, 3.05) is 98.7 Å². The molecule has 3 fully saturated rings. The summed E-state index contributed by atoms with van der Waals surface area (Å²) in [5.41, 5.74) is 5.73. The molecule has 0 bridgehead atoms. The van der Waals surface area contributed by atoms with E-state index in [0.717, 1.165) is 0 Å². The summed E-state index contributed by atoms with van der Waals surface area (Å²) in [6.07, 6.45) is 3.06. The average molecular weight is 1530 g/mol. The molecule has 0 radical (unpaired) electrons. The van der Waals surface area contributed by atoms with E-state index in [1.807, 2.05) is 41.5 Å². The van der Waals surface area contributed by atoms with Crippen LogP contribution in [0, 0.1) is 17.8 Å². The molecule has 3 aliphatic heterocycles. The maximum absolute atomic E-state index is 13.1. The maximum Gasteiger partial charge on any atom is 0.302 e. The minimum atomic E-state index is -1.15. The molecule has 0 aromatic rings. The highest BCUT2D eigenvalue weighted by Gasteiger charge is 2.49. The van der Waals surface area contributed by atoms with E-state index in [0.29, 0.717) is 117 Å². The van der Waals surface area contributed by atoms with Gasteiger partial charge in [-0.05, 0) is 96.3 Å². The molecule has 9 amide bonds. The van der Waals surface area contributed by atoms with E-state index in [-0.39, 0.29) is 187 Å². The summed E-state index contributed by atoms with van der Waals surface area (Å²) < 4.78 is 70.0. The summed E-state index contributed by atoms with van der Waals surface area (Å²) >= 11 is 0. The van der Waals surface area contributed by atoms with Crippen LogP contribution in [-0.4, -0.2) is 249 Å². The van der Waals surface area contributed by atoms with Crippen LogP contribution in [0.25, 0.3) is 0 Å². The molecular weight excluding hydrogens is 1400 g/mol. The normalized spacial score (nSPS) is 24.1. The Morgan fingerprint density at radius 3 is 0.832 bits per heavy atom. The van der Waals surface area contributed by atoms with Gasteiger partial charge in [0, 0.05) is 143 Å². The van der Waals surface area contributed by atoms with E-state index < -0.39 is 78.8 Å². The first-order chi connectivity index (χ1) is 51.0. The quantitative estimate of drug-likeness (QED) is 0.0236. The SMILES string of the molecule is CC[C@H]1O[C@@H](OCCCCCNC(=O)COCCNC(=O)CCC(N)(CCC(=O)NCCOCC(=O)NCCCCCO[C@@H]2O[C@H](CC)[C@H](C)[C@H](OC(C)=O)[C@H]2NC(C)=O)CCC(=O)NCCOCC(=O)NCCCCCO[C@@H]2O[C@H](CC)[C@H](C)[C@H](OC(C)=O)[C@H]2NC(C)=O)[C@H](NC(C)=O)[C@@H](OC(C)=O)[C@H]1C. The Morgan fingerprint density at radius 2 is 0.598 bits per heavy atom. The fourth-order valence-electron chi connectivity index (χ4n) is 13.0. The molecule has 34 nitrogen and oxygen atoms in total. The van der Waals surface area contributed by atoms with Gasteiger partial charge in [-0.25, -0.2) is 0 Å². The van der Waals surface area contributed by atoms with Crippen molar-refractivity contribution in [2.24, 2.45) is 23.5 Å². The Morgan fingerprint density at radius 1 is 0.346 bits per heavy atom. The second-order valence-corrected chi connectivity index (χ2v) is 27.7. The topological polar surface area (TPSA) is 450 Å². The van der Waals surface area contributed by atoms with Crippen molar-refractivity contribution in [2.45, 2.75) is 278 Å². The zero-order chi connectivity index (χ0) is 79.3. The van der Waals surface area contributed by atoms with E-state index in [9.17, 15) is 57.5 Å². The highest BCUT2D eigenvalue weighted by Crippen LogP contribution is 2.34. The molecule has 15 atom stereocenters. The van der Waals surface area contributed by atoms with Gasteiger partial charge < -0.3 is 110 Å². The van der Waals surface area contributed by atoms with Crippen LogP contribution in [0.2, 0.25) is 0 Å². The van der Waals surface area contributed by atoms with Crippen LogP contribution < -0.4 is 53.6 Å². The van der Waals surface area contributed by atoms with Crippen LogP contribution >= 0.6 is 0 Å². The lowest BCUT2D eigenvalue weighted by molar-refractivity contribution is -0.253. The van der Waals surface area contributed by atoms with Crippen molar-refractivity contribution in [3.8, 4) is 0 Å². The number of rotatable bonds is 54. The van der Waals surface area contributed by atoms with Crippen LogP contribution in [0.5, 0.6) is 0 Å². The molecule has 11 N–H and O–H groups in total. The van der Waals surface area contributed by atoms with Crippen molar-refractivity contribution in [3.63, 3.8) is 0 Å². The zero-order valence-electron chi connectivity index (χ0n) is 65.4. The van der Waals surface area contributed by atoms with Gasteiger partial charge in [0.25, 0.3) is 0 Å². The Labute approximate surface area is 631 Å². The van der Waals surface area contributed by atoms with Crippen molar-refractivity contribution >= 4 is 71.1 Å². The van der Waals surface area contributed by atoms with Crippen LogP contribution in [0.1, 0.15) is 199 Å². The smallest absolute Gasteiger partial charge is 0.302 e. The lowest BCUT2D eigenvalue weighted by Gasteiger charge is -2.44. The van der Waals surface area contributed by atoms with Crippen molar-refractivity contribution < 1.29 is 114 Å². The number of nitrogens with two attached hydrogens (primary N) is 1. The molecule has 0 aromatic heterocycles. The standard InChI is InChI=1S/C73H128N10O24/c1-13-55-46(4)67(102-52(10)87)64(81-49(7)84)70(105-55)99-37-22-16-19-31-75-61(93)43-96-40-34-78-58(90)25-28-73(74,29-26-59(91)79-35-41-97-44-62(94)76-32-20-17-23-38-100-71-65(82-50(8)85)68(103-53(11)88)47(5)56(14-2)106-71)30-27-60(92)80-36-42-98-45-63(95)77-33-21-18-24-39-101-72-66(83-51(9)86)69(104-54(12)89)48(6)57(15-3)107-72/h46-48,55-57,64-72H,13-45,74H2,1-12H3,(H,75,93)(H,76,94)(H,77,95)(H,78,90)(H,79,91)(H,80,92)(H,81,84)(H,82,85)(H,83,86)/t46-,47-,48-,55+,56+,57+,64+,65+,66+,67-,68-,69-,70+,71+,72+/m0/s1. The summed E-state index contributed by atoms with van der Waals surface area (Å²) in [5, 5.41) is 25.2. The van der Waals surface area contributed by atoms with Crippen molar-refractivity contribution in [3.05, 3.63) is 0 Å². The number of hydrogen-bond donors (Lipinski definition) is 10. The number of hydrogen-bond acceptors (Lipinski definition) is 25. The molecule has 0 spiro atoms. The molecule has 3 aliphatic rings. The summed E-state index contributed by atoms with van der Waals surface area (Å²) in [6, 6.07) is -2.05. The van der Waals surface area contributed by atoms with E-state index in [1.165, 1.54) is 41.5 Å². The highest BCUT2D eigenvalue weighted by molar-refractivity contribution is 5.79. The van der Waals surface area contributed by atoms with E-state index in [4.69, 9.17) is 62.6 Å². The second kappa shape index (κ2) is 53.1. The van der Waals surface area contributed by atoms with Crippen molar-refractivity contribution in [1.29, 1.82) is 0 Å². The molecule has 0 unspecified atom stereocenters. The minimum Gasteiger partial charge on any atom is -0.460 e. The third kappa shape index (κ3) is 38.9. The van der Waals surface area contributed by atoms with Gasteiger partial charge in [0.1, 0.15) is 56.3 Å². The number of carbonyl (C=O) groups is 12. The minimum absolute atomic E-state index is 0.0365. The van der Waals surface area contributed by atoms with Gasteiger partial charge in [-0.1, -0.05) is 41.5 Å². The van der Waals surface area contributed by atoms with Crippen LogP contribution in [0.4, 0.5) is 0 Å². The van der Waals surface area contributed by atoms with Gasteiger partial charge >= 0.3 is 17.9 Å².